The molecule has 1 saturated heterocycles. The molecule has 0 aromatic heterocycles. The zero-order valence-electron chi connectivity index (χ0n) is 12.4. The van der Waals surface area contributed by atoms with Gasteiger partial charge in [-0.15, -0.1) is 12.4 Å². The molecule has 1 aliphatic heterocycles. The predicted molar refractivity (Wildman–Crippen MR) is 92.7 cm³/mol. The van der Waals surface area contributed by atoms with E-state index in [9.17, 15) is 13.2 Å². The van der Waals surface area contributed by atoms with Gasteiger partial charge in [-0.2, -0.15) is 4.31 Å². The Balaban J connectivity index is 0.00000264. The molecule has 1 atom stereocenters. The van der Waals surface area contributed by atoms with E-state index in [0.29, 0.717) is 18.1 Å². The van der Waals surface area contributed by atoms with Crippen LogP contribution in [0.2, 0.25) is 10.0 Å². The molecule has 0 aliphatic carbocycles. The van der Waals surface area contributed by atoms with E-state index in [1.54, 1.807) is 11.8 Å². The fourth-order valence-electron chi connectivity index (χ4n) is 2.22. The maximum atomic E-state index is 12.6. The minimum Gasteiger partial charge on any atom is -0.339 e. The number of halogens is 3. The third-order valence-electron chi connectivity index (χ3n) is 3.47. The van der Waals surface area contributed by atoms with Gasteiger partial charge in [0.25, 0.3) is 0 Å². The monoisotopic (exact) mass is 401 g/mol. The molecular formula is C13H18Cl3N3O3S. The maximum absolute atomic E-state index is 12.6. The summed E-state index contributed by atoms with van der Waals surface area (Å²) in [4.78, 5) is 13.5. The lowest BCUT2D eigenvalue weighted by Gasteiger charge is -2.34. The average molecular weight is 403 g/mol. The Morgan fingerprint density at radius 2 is 1.74 bits per heavy atom. The van der Waals surface area contributed by atoms with Gasteiger partial charge in [0, 0.05) is 26.2 Å². The third kappa shape index (κ3) is 4.49. The van der Waals surface area contributed by atoms with Gasteiger partial charge in [0.1, 0.15) is 0 Å². The second-order valence-electron chi connectivity index (χ2n) is 5.09. The van der Waals surface area contributed by atoms with Crippen LogP contribution in [0.1, 0.15) is 6.92 Å². The standard InChI is InChI=1S/C13H17Cl2N3O3S.ClH/c1-9(16)13(19)17-4-6-18(7-5-17)22(20,21)10-2-3-11(14)12(15)8-10;/h2-3,8-9H,4-7,16H2,1H3;1H/t9-;/m0./s1. The van der Waals surface area contributed by atoms with E-state index in [1.807, 2.05) is 0 Å². The van der Waals surface area contributed by atoms with Gasteiger partial charge in [-0.05, 0) is 25.1 Å². The van der Waals surface area contributed by atoms with Crippen molar-refractivity contribution in [2.75, 3.05) is 26.2 Å². The average Bonchev–Trinajstić information content (AvgIpc) is 2.49. The van der Waals surface area contributed by atoms with E-state index in [1.165, 1.54) is 22.5 Å². The van der Waals surface area contributed by atoms with Crippen LogP contribution >= 0.6 is 35.6 Å². The summed E-state index contributed by atoms with van der Waals surface area (Å²) in [5, 5.41) is 0.487. The van der Waals surface area contributed by atoms with Gasteiger partial charge in [-0.25, -0.2) is 8.42 Å². The molecule has 130 valence electrons. The molecule has 10 heteroatoms. The number of carbonyl (C=O) groups is 1. The van der Waals surface area contributed by atoms with Crippen molar-refractivity contribution in [2.24, 2.45) is 5.73 Å². The van der Waals surface area contributed by atoms with Crippen LogP contribution in [0.3, 0.4) is 0 Å². The summed E-state index contributed by atoms with van der Waals surface area (Å²) in [5.41, 5.74) is 5.56. The highest BCUT2D eigenvalue weighted by Crippen LogP contribution is 2.27. The first-order chi connectivity index (χ1) is 10.2. The Labute approximate surface area is 152 Å². The zero-order valence-corrected chi connectivity index (χ0v) is 15.6. The fourth-order valence-corrected chi connectivity index (χ4v) is 4.03. The summed E-state index contributed by atoms with van der Waals surface area (Å²) in [7, 11) is -3.65. The number of amides is 1. The van der Waals surface area contributed by atoms with Crippen LogP contribution in [0, 0.1) is 0 Å². The number of hydrogen-bond donors (Lipinski definition) is 1. The van der Waals surface area contributed by atoms with Crippen LogP contribution in [0.25, 0.3) is 0 Å². The number of nitrogens with two attached hydrogens (primary N) is 1. The van der Waals surface area contributed by atoms with Gasteiger partial charge in [-0.1, -0.05) is 23.2 Å². The second kappa shape index (κ2) is 8.00. The molecule has 0 saturated carbocycles. The van der Waals surface area contributed by atoms with Crippen LogP contribution in [0.5, 0.6) is 0 Å². The minimum absolute atomic E-state index is 0. The van der Waals surface area contributed by atoms with Gasteiger partial charge >= 0.3 is 0 Å². The molecule has 0 bridgehead atoms. The molecular weight excluding hydrogens is 385 g/mol. The molecule has 1 heterocycles. The van der Waals surface area contributed by atoms with Crippen molar-refractivity contribution in [3.05, 3.63) is 28.2 Å². The number of hydrogen-bond acceptors (Lipinski definition) is 4. The predicted octanol–water partition coefficient (Wildman–Crippen LogP) is 1.60. The first-order valence-electron chi connectivity index (χ1n) is 6.73. The van der Waals surface area contributed by atoms with Gasteiger partial charge < -0.3 is 10.6 Å². The van der Waals surface area contributed by atoms with Crippen LogP contribution in [-0.2, 0) is 14.8 Å². The van der Waals surface area contributed by atoms with Crippen LogP contribution in [0.4, 0.5) is 0 Å². The van der Waals surface area contributed by atoms with Crippen molar-refractivity contribution in [3.63, 3.8) is 0 Å². The Morgan fingerprint density at radius 3 is 2.22 bits per heavy atom. The van der Waals surface area contributed by atoms with Gasteiger partial charge in [0.15, 0.2) is 0 Å². The first-order valence-corrected chi connectivity index (χ1v) is 8.92. The summed E-state index contributed by atoms with van der Waals surface area (Å²) in [6, 6.07) is 3.62. The molecule has 0 unspecified atom stereocenters. The van der Waals surface area contributed by atoms with Crippen molar-refractivity contribution >= 4 is 51.5 Å². The van der Waals surface area contributed by atoms with E-state index < -0.39 is 16.1 Å². The lowest BCUT2D eigenvalue weighted by Crippen LogP contribution is -2.53. The molecule has 1 aliphatic rings. The smallest absolute Gasteiger partial charge is 0.243 e. The van der Waals surface area contributed by atoms with Gasteiger partial charge in [-0.3, -0.25) is 4.79 Å². The van der Waals surface area contributed by atoms with E-state index in [0.717, 1.165) is 0 Å². The number of benzene rings is 1. The van der Waals surface area contributed by atoms with Crippen molar-refractivity contribution in [3.8, 4) is 0 Å². The summed E-state index contributed by atoms with van der Waals surface area (Å²) >= 11 is 11.7. The lowest BCUT2D eigenvalue weighted by atomic mass is 10.2. The Morgan fingerprint density at radius 1 is 1.17 bits per heavy atom. The molecule has 0 radical (unpaired) electrons. The topological polar surface area (TPSA) is 83.7 Å². The number of sulfonamides is 1. The SMILES string of the molecule is C[C@H](N)C(=O)N1CCN(S(=O)(=O)c2ccc(Cl)c(Cl)c2)CC1.Cl. The molecule has 1 aromatic rings. The normalized spacial score (nSPS) is 17.5. The van der Waals surface area contributed by atoms with Crippen LogP contribution in [0.15, 0.2) is 23.1 Å². The summed E-state index contributed by atoms with van der Waals surface area (Å²) in [6.45, 7) is 2.70. The van der Waals surface area contributed by atoms with Crippen molar-refractivity contribution in [1.29, 1.82) is 0 Å². The van der Waals surface area contributed by atoms with E-state index in [-0.39, 0.29) is 41.3 Å². The van der Waals surface area contributed by atoms with Crippen molar-refractivity contribution in [1.82, 2.24) is 9.21 Å². The molecule has 1 aromatic carbocycles. The summed E-state index contributed by atoms with van der Waals surface area (Å²) < 4.78 is 26.4. The number of piperazine rings is 1. The van der Waals surface area contributed by atoms with E-state index >= 15 is 0 Å². The third-order valence-corrected chi connectivity index (χ3v) is 6.10. The molecule has 1 fully saturated rings. The molecule has 23 heavy (non-hydrogen) atoms. The van der Waals surface area contributed by atoms with Crippen molar-refractivity contribution in [2.45, 2.75) is 17.9 Å². The van der Waals surface area contributed by atoms with Crippen molar-refractivity contribution < 1.29 is 13.2 Å². The fraction of sp³-hybridized carbons (Fsp3) is 0.462. The molecule has 2 N–H and O–H groups in total. The van der Waals surface area contributed by atoms with E-state index in [2.05, 4.69) is 0 Å². The highest BCUT2D eigenvalue weighted by Gasteiger charge is 2.31. The van der Waals surface area contributed by atoms with Crippen LogP contribution in [-0.4, -0.2) is 55.8 Å². The molecule has 2 rings (SSSR count). The Bertz CT molecular complexity index is 674. The van der Waals surface area contributed by atoms with Crippen LogP contribution < -0.4 is 5.73 Å². The zero-order chi connectivity index (χ0) is 16.5. The second-order valence-corrected chi connectivity index (χ2v) is 7.85. The van der Waals surface area contributed by atoms with Gasteiger partial charge in [0.05, 0.1) is 21.0 Å². The molecule has 6 nitrogen and oxygen atoms in total. The quantitative estimate of drug-likeness (QED) is 0.832. The minimum atomic E-state index is -3.65. The first kappa shape index (κ1) is 20.5. The maximum Gasteiger partial charge on any atom is 0.243 e. The van der Waals surface area contributed by atoms with Gasteiger partial charge in [0.2, 0.25) is 15.9 Å². The number of rotatable bonds is 3. The summed E-state index contributed by atoms with van der Waals surface area (Å²) in [5.74, 6) is -0.174. The Kier molecular flexibility index (Phi) is 7.12. The number of carbonyl (C=O) groups excluding carboxylic acids is 1. The largest absolute Gasteiger partial charge is 0.339 e. The molecule has 0 spiro atoms. The highest BCUT2D eigenvalue weighted by molar-refractivity contribution is 7.89. The lowest BCUT2D eigenvalue weighted by molar-refractivity contribution is -0.133. The summed E-state index contributed by atoms with van der Waals surface area (Å²) in [6.07, 6.45) is 0. The number of nitrogens with zero attached hydrogens (tertiary/aromatic N) is 2. The molecule has 1 amide bonds. The van der Waals surface area contributed by atoms with E-state index in [4.69, 9.17) is 28.9 Å². The Hall–Kier alpha value is -0.570. The highest BCUT2D eigenvalue weighted by atomic mass is 35.5.